The molecule has 160 valence electrons. The Balaban J connectivity index is 2.13. The Kier molecular flexibility index (Phi) is 7.11. The van der Waals surface area contributed by atoms with Crippen molar-refractivity contribution in [2.45, 2.75) is 84.8 Å². The van der Waals surface area contributed by atoms with Crippen molar-refractivity contribution in [3.05, 3.63) is 0 Å². The number of carbonyl (C=O) groups is 2. The molecular weight excluding hydrogens is 408 g/mol. The molecule has 2 aliphatic rings. The summed E-state index contributed by atoms with van der Waals surface area (Å²) in [7, 11) is -2.00. The van der Waals surface area contributed by atoms with E-state index in [1.165, 1.54) is 0 Å². The van der Waals surface area contributed by atoms with Crippen molar-refractivity contribution in [3.63, 3.8) is 0 Å². The number of hydrogen-bond acceptors (Lipinski definition) is 5. The Morgan fingerprint density at radius 2 is 1.86 bits per heavy atom. The summed E-state index contributed by atoms with van der Waals surface area (Å²) in [6, 6.07) is -0.0800. The molecule has 2 saturated heterocycles. The molecule has 1 N–H and O–H groups in total. The fraction of sp³-hybridized carbons (Fsp3) is 0.850. The van der Waals surface area contributed by atoms with Crippen molar-refractivity contribution < 1.29 is 14.0 Å². The van der Waals surface area contributed by atoms with Gasteiger partial charge in [-0.25, -0.2) is 0 Å². The van der Waals surface area contributed by atoms with Gasteiger partial charge in [0, 0.05) is 11.8 Å². The van der Waals surface area contributed by atoms with Crippen LogP contribution < -0.4 is 5.32 Å². The van der Waals surface area contributed by atoms with Gasteiger partial charge in [0.2, 0.25) is 11.8 Å². The van der Waals surface area contributed by atoms with Crippen molar-refractivity contribution in [2.75, 3.05) is 5.75 Å². The molecule has 0 bridgehead atoms. The van der Waals surface area contributed by atoms with E-state index < -0.39 is 8.32 Å². The lowest BCUT2D eigenvalue weighted by atomic mass is 9.78. The second kappa shape index (κ2) is 8.36. The van der Waals surface area contributed by atoms with Crippen LogP contribution in [0.2, 0.25) is 18.1 Å². The summed E-state index contributed by atoms with van der Waals surface area (Å²) in [6.07, 6.45) is -0.212. The lowest BCUT2D eigenvalue weighted by Crippen LogP contribution is -2.67. The monoisotopic (exact) mass is 444 g/mol. The van der Waals surface area contributed by atoms with Gasteiger partial charge in [0.15, 0.2) is 8.32 Å². The van der Waals surface area contributed by atoms with E-state index in [4.69, 9.17) is 16.6 Å². The van der Waals surface area contributed by atoms with E-state index in [1.54, 1.807) is 16.7 Å². The van der Waals surface area contributed by atoms with Crippen molar-refractivity contribution >= 4 is 48.4 Å². The molecule has 2 heterocycles. The molecule has 0 saturated carbocycles. The maximum atomic E-state index is 13.3. The zero-order chi connectivity index (χ0) is 21.6. The molecule has 2 amide bonds. The zero-order valence-corrected chi connectivity index (χ0v) is 21.3. The van der Waals surface area contributed by atoms with Crippen LogP contribution in [0.3, 0.4) is 0 Å². The minimum atomic E-state index is -2.00. The molecule has 5 unspecified atom stereocenters. The molecule has 0 spiro atoms. The Morgan fingerprint density at radius 1 is 1.29 bits per heavy atom. The standard InChI is InChI=1S/C20H36N2O3S2Si/c1-11(2)14-10-27-19(26)22(14)18(24)12(3)16-15(17(23)21-16)13(4)25-28(8,9)20(5,6)7/h11-16H,10H2,1-9H3,(H,21,23). The van der Waals surface area contributed by atoms with E-state index in [0.29, 0.717) is 10.2 Å². The largest absolute Gasteiger partial charge is 0.413 e. The number of nitrogens with one attached hydrogen (secondary N) is 1. The first-order valence-corrected chi connectivity index (χ1v) is 14.5. The van der Waals surface area contributed by atoms with E-state index in [0.717, 1.165) is 5.75 Å². The highest BCUT2D eigenvalue weighted by atomic mass is 32.2. The van der Waals surface area contributed by atoms with Crippen molar-refractivity contribution in [1.82, 2.24) is 10.2 Å². The summed E-state index contributed by atoms with van der Waals surface area (Å²) in [6.45, 7) is 19.1. The smallest absolute Gasteiger partial charge is 0.233 e. The van der Waals surface area contributed by atoms with Gasteiger partial charge >= 0.3 is 0 Å². The number of hydrogen-bond donors (Lipinski definition) is 1. The van der Waals surface area contributed by atoms with Crippen LogP contribution in [0.4, 0.5) is 0 Å². The van der Waals surface area contributed by atoms with Gasteiger partial charge < -0.3 is 9.74 Å². The third-order valence-electron chi connectivity index (χ3n) is 6.63. The van der Waals surface area contributed by atoms with Crippen molar-refractivity contribution in [2.24, 2.45) is 17.8 Å². The molecule has 0 aromatic rings. The quantitative estimate of drug-likeness (QED) is 0.381. The Bertz CT molecular complexity index is 648. The van der Waals surface area contributed by atoms with E-state index in [2.05, 4.69) is 53.0 Å². The van der Waals surface area contributed by atoms with Crippen LogP contribution >= 0.6 is 24.0 Å². The first-order valence-electron chi connectivity index (χ1n) is 10.2. The summed E-state index contributed by atoms with van der Waals surface area (Å²) in [5, 5.41) is 3.03. The molecule has 2 fully saturated rings. The van der Waals surface area contributed by atoms with Crippen molar-refractivity contribution in [3.8, 4) is 0 Å². The fourth-order valence-electron chi connectivity index (χ4n) is 3.63. The predicted molar refractivity (Wildman–Crippen MR) is 123 cm³/mol. The van der Waals surface area contributed by atoms with Gasteiger partial charge in [0.05, 0.1) is 24.0 Å². The van der Waals surface area contributed by atoms with E-state index in [9.17, 15) is 9.59 Å². The predicted octanol–water partition coefficient (Wildman–Crippen LogP) is 4.03. The highest BCUT2D eigenvalue weighted by Gasteiger charge is 2.52. The van der Waals surface area contributed by atoms with Gasteiger partial charge in [-0.15, -0.1) is 0 Å². The average molecular weight is 445 g/mol. The maximum absolute atomic E-state index is 13.3. The van der Waals surface area contributed by atoms with E-state index >= 15 is 0 Å². The number of rotatable bonds is 6. The number of thioether (sulfide) groups is 1. The molecule has 0 aromatic heterocycles. The van der Waals surface area contributed by atoms with Crippen LogP contribution in [0.5, 0.6) is 0 Å². The lowest BCUT2D eigenvalue weighted by molar-refractivity contribution is -0.147. The van der Waals surface area contributed by atoms with Crippen LogP contribution in [-0.2, 0) is 14.0 Å². The van der Waals surface area contributed by atoms with Gasteiger partial charge in [0.1, 0.15) is 4.32 Å². The number of thiocarbonyl (C=S) groups is 1. The maximum Gasteiger partial charge on any atom is 0.233 e. The molecule has 2 aliphatic heterocycles. The highest BCUT2D eigenvalue weighted by molar-refractivity contribution is 8.23. The van der Waals surface area contributed by atoms with Crippen LogP contribution in [-0.4, -0.2) is 53.3 Å². The first-order chi connectivity index (χ1) is 12.7. The Morgan fingerprint density at radius 3 is 2.32 bits per heavy atom. The molecule has 5 nitrogen and oxygen atoms in total. The van der Waals surface area contributed by atoms with Crippen molar-refractivity contribution in [1.29, 1.82) is 0 Å². The second-order valence-corrected chi connectivity index (χ2v) is 16.4. The molecule has 0 aromatic carbocycles. The average Bonchev–Trinajstić information content (AvgIpc) is 2.91. The molecular formula is C20H36N2O3S2Si. The summed E-state index contributed by atoms with van der Waals surface area (Å²) in [4.78, 5) is 27.4. The zero-order valence-electron chi connectivity index (χ0n) is 18.7. The Labute approximate surface area is 180 Å². The van der Waals surface area contributed by atoms with E-state index in [1.807, 2.05) is 13.8 Å². The molecule has 0 aliphatic carbocycles. The summed E-state index contributed by atoms with van der Waals surface area (Å²) in [5.41, 5.74) is 0. The van der Waals surface area contributed by atoms with Gasteiger partial charge in [-0.3, -0.25) is 14.5 Å². The van der Waals surface area contributed by atoms with Crippen LogP contribution in [0.25, 0.3) is 0 Å². The number of nitrogens with zero attached hydrogens (tertiary/aromatic N) is 1. The van der Waals surface area contributed by atoms with Gasteiger partial charge in [-0.1, -0.05) is 65.5 Å². The van der Waals surface area contributed by atoms with Gasteiger partial charge in [-0.05, 0) is 31.0 Å². The minimum Gasteiger partial charge on any atom is -0.413 e. The SMILES string of the molecule is CC(C)C1CSC(=S)N1C(=O)C(C)C1NC(=O)C1C(C)O[Si](C)(C)C(C)(C)C. The molecule has 2 rings (SSSR count). The summed E-state index contributed by atoms with van der Waals surface area (Å²) < 4.78 is 7.12. The lowest BCUT2D eigenvalue weighted by Gasteiger charge is -2.47. The van der Waals surface area contributed by atoms with Crippen LogP contribution in [0, 0.1) is 17.8 Å². The molecule has 0 radical (unpaired) electrons. The first kappa shape index (κ1) is 23.8. The van der Waals surface area contributed by atoms with Gasteiger partial charge in [0.25, 0.3) is 0 Å². The number of β-lactam (4-membered cyclic amide) rings is 1. The fourth-order valence-corrected chi connectivity index (χ4v) is 6.70. The van der Waals surface area contributed by atoms with Crippen LogP contribution in [0.15, 0.2) is 0 Å². The molecule has 28 heavy (non-hydrogen) atoms. The normalized spacial score (nSPS) is 28.2. The Hall–Kier alpha value is -0.443. The summed E-state index contributed by atoms with van der Waals surface area (Å²) >= 11 is 7.02. The minimum absolute atomic E-state index is 0.0169. The highest BCUT2D eigenvalue weighted by Crippen LogP contribution is 2.40. The molecule has 5 atom stereocenters. The van der Waals surface area contributed by atoms with Gasteiger partial charge in [-0.2, -0.15) is 0 Å². The van der Waals surface area contributed by atoms with Crippen LogP contribution in [0.1, 0.15) is 48.5 Å². The summed E-state index contributed by atoms with van der Waals surface area (Å²) in [5.74, 6) is 0.565. The number of carbonyl (C=O) groups excluding carboxylic acids is 2. The molecule has 8 heteroatoms. The number of amides is 2. The third-order valence-corrected chi connectivity index (χ3v) is 12.7. The second-order valence-electron chi connectivity index (χ2n) is 10.0. The third kappa shape index (κ3) is 4.49. The topological polar surface area (TPSA) is 58.6 Å². The van der Waals surface area contributed by atoms with E-state index in [-0.39, 0.29) is 46.9 Å².